The maximum absolute atomic E-state index is 13.0. The zero-order valence-corrected chi connectivity index (χ0v) is 18.2. The summed E-state index contributed by atoms with van der Waals surface area (Å²) in [4.78, 5) is 0.183. The van der Waals surface area contributed by atoms with Gasteiger partial charge < -0.3 is 9.47 Å². The molecule has 7 heteroatoms. The second-order valence-electron chi connectivity index (χ2n) is 7.07. The molecule has 0 bridgehead atoms. The van der Waals surface area contributed by atoms with Crippen molar-refractivity contribution in [3.63, 3.8) is 0 Å². The molecule has 0 amide bonds. The molecule has 5 rings (SSSR count). The fourth-order valence-electron chi connectivity index (χ4n) is 3.79. The van der Waals surface area contributed by atoms with Crippen molar-refractivity contribution in [1.82, 2.24) is 0 Å². The van der Waals surface area contributed by atoms with Gasteiger partial charge >= 0.3 is 0 Å². The molecule has 4 aromatic rings. The van der Waals surface area contributed by atoms with Crippen LogP contribution in [0.1, 0.15) is 17.2 Å². The van der Waals surface area contributed by atoms with Crippen molar-refractivity contribution in [1.29, 1.82) is 0 Å². The minimum atomic E-state index is -3.74. The van der Waals surface area contributed by atoms with Gasteiger partial charge in [0, 0.05) is 5.56 Å². The topological polar surface area (TPSA) is 64.6 Å². The molecule has 1 aliphatic heterocycles. The molecule has 1 N–H and O–H groups in total. The molecule has 0 saturated carbocycles. The van der Waals surface area contributed by atoms with E-state index < -0.39 is 16.1 Å². The highest BCUT2D eigenvalue weighted by Gasteiger charge is 2.31. The largest absolute Gasteiger partial charge is 0.496 e. The Balaban J connectivity index is 1.68. The van der Waals surface area contributed by atoms with Crippen molar-refractivity contribution >= 4 is 26.4 Å². The van der Waals surface area contributed by atoms with Crippen LogP contribution < -0.4 is 14.2 Å². The SMILES string of the molecule is COc1cccc2c1-c1ccc(S(=O)(=O)Nc3cccs3)cc1C(c1ccccc1)O2. The van der Waals surface area contributed by atoms with E-state index in [1.165, 1.54) is 11.3 Å². The monoisotopic (exact) mass is 449 g/mol. The number of thiophene rings is 1. The Kier molecular flexibility index (Phi) is 4.92. The van der Waals surface area contributed by atoms with Crippen molar-refractivity contribution in [2.45, 2.75) is 11.0 Å². The van der Waals surface area contributed by atoms with E-state index in [0.29, 0.717) is 16.5 Å². The van der Waals surface area contributed by atoms with E-state index in [-0.39, 0.29) is 4.90 Å². The molecule has 1 aromatic heterocycles. The first kappa shape index (κ1) is 19.7. The van der Waals surface area contributed by atoms with Crippen LogP contribution >= 0.6 is 11.3 Å². The fraction of sp³-hybridized carbons (Fsp3) is 0.0833. The lowest BCUT2D eigenvalue weighted by Crippen LogP contribution is -2.18. The maximum Gasteiger partial charge on any atom is 0.262 e. The predicted molar refractivity (Wildman–Crippen MR) is 122 cm³/mol. The van der Waals surface area contributed by atoms with Crippen molar-refractivity contribution < 1.29 is 17.9 Å². The predicted octanol–water partition coefficient (Wildman–Crippen LogP) is 5.71. The zero-order chi connectivity index (χ0) is 21.4. The van der Waals surface area contributed by atoms with Gasteiger partial charge in [-0.05, 0) is 52.9 Å². The number of sulfonamides is 1. The van der Waals surface area contributed by atoms with E-state index in [1.54, 1.807) is 31.4 Å². The number of nitrogens with one attached hydrogen (secondary N) is 1. The first-order valence-corrected chi connectivity index (χ1v) is 12.0. The minimum absolute atomic E-state index is 0.183. The van der Waals surface area contributed by atoms with Gasteiger partial charge in [0.25, 0.3) is 10.0 Å². The summed E-state index contributed by atoms with van der Waals surface area (Å²) in [6.07, 6.45) is -0.437. The highest BCUT2D eigenvalue weighted by molar-refractivity contribution is 7.93. The summed E-state index contributed by atoms with van der Waals surface area (Å²) in [6.45, 7) is 0. The molecular formula is C24H19NO4S2. The van der Waals surface area contributed by atoms with Crippen LogP contribution in [0.25, 0.3) is 11.1 Å². The third-order valence-electron chi connectivity index (χ3n) is 5.20. The highest BCUT2D eigenvalue weighted by atomic mass is 32.2. The molecule has 0 aliphatic carbocycles. The summed E-state index contributed by atoms with van der Waals surface area (Å²) < 4.78 is 40.6. The molecule has 0 fully saturated rings. The smallest absolute Gasteiger partial charge is 0.262 e. The van der Waals surface area contributed by atoms with Crippen LogP contribution in [0.3, 0.4) is 0 Å². The first-order chi connectivity index (χ1) is 15.1. The zero-order valence-electron chi connectivity index (χ0n) is 16.6. The van der Waals surface area contributed by atoms with Crippen molar-refractivity contribution in [2.75, 3.05) is 11.8 Å². The molecule has 5 nitrogen and oxygen atoms in total. The maximum atomic E-state index is 13.0. The van der Waals surface area contributed by atoms with E-state index in [0.717, 1.165) is 22.3 Å². The molecule has 0 spiro atoms. The summed E-state index contributed by atoms with van der Waals surface area (Å²) in [5.41, 5.74) is 3.43. The van der Waals surface area contributed by atoms with E-state index in [1.807, 2.05) is 60.0 Å². The van der Waals surface area contributed by atoms with Gasteiger partial charge in [0.15, 0.2) is 0 Å². The summed E-state index contributed by atoms with van der Waals surface area (Å²) in [5.74, 6) is 1.38. The third-order valence-corrected chi connectivity index (χ3v) is 7.47. The summed E-state index contributed by atoms with van der Waals surface area (Å²) >= 11 is 1.33. The van der Waals surface area contributed by atoms with Gasteiger partial charge in [-0.3, -0.25) is 4.72 Å². The molecule has 1 atom stereocenters. The number of fused-ring (bicyclic) bond motifs is 3. The number of methoxy groups -OCH3 is 1. The van der Waals surface area contributed by atoms with Crippen LogP contribution in [0.2, 0.25) is 0 Å². The van der Waals surface area contributed by atoms with Gasteiger partial charge in [-0.25, -0.2) is 8.42 Å². The van der Waals surface area contributed by atoms with Crippen LogP contribution in [0.15, 0.2) is 89.1 Å². The molecule has 0 radical (unpaired) electrons. The summed E-state index contributed by atoms with van der Waals surface area (Å²) in [6, 6.07) is 24.1. The van der Waals surface area contributed by atoms with Gasteiger partial charge in [0.1, 0.15) is 22.6 Å². The summed E-state index contributed by atoms with van der Waals surface area (Å²) in [7, 11) is -2.13. The molecule has 156 valence electrons. The Labute approximate surface area is 185 Å². The van der Waals surface area contributed by atoms with Crippen LogP contribution in [-0.2, 0) is 10.0 Å². The highest BCUT2D eigenvalue weighted by Crippen LogP contribution is 2.49. The molecule has 3 aromatic carbocycles. The van der Waals surface area contributed by atoms with Crippen molar-refractivity contribution in [3.8, 4) is 22.6 Å². The lowest BCUT2D eigenvalue weighted by Gasteiger charge is -2.30. The molecular weight excluding hydrogens is 430 g/mol. The van der Waals surface area contributed by atoms with Crippen molar-refractivity contribution in [3.05, 3.63) is 95.4 Å². The number of rotatable bonds is 5. The van der Waals surface area contributed by atoms with Gasteiger partial charge in [-0.1, -0.05) is 42.5 Å². The number of anilines is 1. The second kappa shape index (κ2) is 7.76. The molecule has 2 heterocycles. The normalized spacial score (nSPS) is 14.8. The molecule has 1 aliphatic rings. The van der Waals surface area contributed by atoms with Gasteiger partial charge in [-0.2, -0.15) is 0 Å². The standard InChI is InChI=1S/C24H19NO4S2/c1-28-20-9-5-10-21-23(20)18-13-12-17(31(26,27)25-22-11-6-14-30-22)15-19(18)24(29-21)16-7-3-2-4-8-16/h2-15,24-25H,1H3. The Hall–Kier alpha value is -3.29. The van der Waals surface area contributed by atoms with E-state index >= 15 is 0 Å². The number of benzene rings is 3. The quantitative estimate of drug-likeness (QED) is 0.424. The Morgan fingerprint density at radius 1 is 0.968 bits per heavy atom. The van der Waals surface area contributed by atoms with E-state index in [2.05, 4.69) is 4.72 Å². The van der Waals surface area contributed by atoms with Crippen LogP contribution in [0.4, 0.5) is 5.00 Å². The minimum Gasteiger partial charge on any atom is -0.496 e. The van der Waals surface area contributed by atoms with Gasteiger partial charge in [0.05, 0.1) is 17.6 Å². The fourth-order valence-corrected chi connectivity index (χ4v) is 5.75. The van der Waals surface area contributed by atoms with Gasteiger partial charge in [-0.15, -0.1) is 11.3 Å². The number of ether oxygens (including phenoxy) is 2. The first-order valence-electron chi connectivity index (χ1n) is 9.66. The lowest BCUT2D eigenvalue weighted by atomic mass is 9.89. The van der Waals surface area contributed by atoms with Crippen LogP contribution in [-0.4, -0.2) is 15.5 Å². The number of hydrogen-bond donors (Lipinski definition) is 1. The summed E-state index contributed by atoms with van der Waals surface area (Å²) in [5, 5.41) is 2.40. The lowest BCUT2D eigenvalue weighted by molar-refractivity contribution is 0.242. The Morgan fingerprint density at radius 3 is 2.55 bits per heavy atom. The molecule has 1 unspecified atom stereocenters. The molecule has 0 saturated heterocycles. The van der Waals surface area contributed by atoms with E-state index in [4.69, 9.17) is 9.47 Å². The second-order valence-corrected chi connectivity index (χ2v) is 9.70. The third kappa shape index (κ3) is 3.56. The Morgan fingerprint density at radius 2 is 1.81 bits per heavy atom. The van der Waals surface area contributed by atoms with Crippen molar-refractivity contribution in [2.24, 2.45) is 0 Å². The molecule has 31 heavy (non-hydrogen) atoms. The van der Waals surface area contributed by atoms with Crippen LogP contribution in [0, 0.1) is 0 Å². The van der Waals surface area contributed by atoms with E-state index in [9.17, 15) is 8.42 Å². The number of hydrogen-bond acceptors (Lipinski definition) is 5. The van der Waals surface area contributed by atoms with Gasteiger partial charge in [0.2, 0.25) is 0 Å². The average molecular weight is 450 g/mol. The Bertz CT molecular complexity index is 1330. The average Bonchev–Trinajstić information content (AvgIpc) is 3.30. The van der Waals surface area contributed by atoms with Crippen LogP contribution in [0.5, 0.6) is 11.5 Å².